The molecule has 0 unspecified atom stereocenters. The van der Waals surface area contributed by atoms with E-state index in [9.17, 15) is 22.9 Å². The molecule has 0 spiro atoms. The number of non-ortho nitro benzene ring substituents is 1. The van der Waals surface area contributed by atoms with E-state index in [1.54, 1.807) is 0 Å². The molecule has 0 atom stereocenters. The van der Waals surface area contributed by atoms with E-state index < -0.39 is 20.6 Å². The van der Waals surface area contributed by atoms with Crippen molar-refractivity contribution in [2.75, 3.05) is 0 Å². The highest BCUT2D eigenvalue weighted by Crippen LogP contribution is 2.19. The van der Waals surface area contributed by atoms with Gasteiger partial charge in [0.1, 0.15) is 5.82 Å². The van der Waals surface area contributed by atoms with E-state index in [1.807, 2.05) is 0 Å². The summed E-state index contributed by atoms with van der Waals surface area (Å²) < 4.78 is 37.2. The minimum atomic E-state index is -3.68. The molecule has 2 aromatic rings. The normalized spacial score (nSPS) is 11.2. The number of halogens is 1. The summed E-state index contributed by atoms with van der Waals surface area (Å²) in [6.45, 7) is 0. The summed E-state index contributed by atoms with van der Waals surface area (Å²) in [4.78, 5) is 9.82. The first kappa shape index (κ1) is 14.1. The van der Waals surface area contributed by atoms with E-state index in [1.165, 1.54) is 36.4 Å². The summed E-state index contributed by atoms with van der Waals surface area (Å²) in [6.07, 6.45) is 0. The van der Waals surface area contributed by atoms with Crippen molar-refractivity contribution in [3.05, 3.63) is 70.0 Å². The van der Waals surface area contributed by atoms with Gasteiger partial charge in [0.2, 0.25) is 0 Å². The van der Waals surface area contributed by atoms with Crippen molar-refractivity contribution in [2.24, 2.45) is 0 Å². The Morgan fingerprint density at radius 1 is 1.10 bits per heavy atom. The molecule has 0 aliphatic heterocycles. The van der Waals surface area contributed by atoms with Crippen LogP contribution in [0.15, 0.2) is 53.4 Å². The molecule has 0 radical (unpaired) electrons. The second-order valence-electron chi connectivity index (χ2n) is 4.14. The molecular weight excluding hydrogens is 285 g/mol. The average molecular weight is 295 g/mol. The van der Waals surface area contributed by atoms with Gasteiger partial charge in [0.05, 0.1) is 15.6 Å². The Kier molecular flexibility index (Phi) is 3.80. The van der Waals surface area contributed by atoms with E-state index in [-0.39, 0.29) is 16.3 Å². The molecule has 0 N–H and O–H groups in total. The molecule has 0 amide bonds. The number of rotatable bonds is 4. The molecule has 0 saturated heterocycles. The Balaban J connectivity index is 2.26. The molecule has 0 aromatic heterocycles. The Bertz CT molecular complexity index is 741. The van der Waals surface area contributed by atoms with Gasteiger partial charge in [-0.05, 0) is 23.8 Å². The third-order valence-electron chi connectivity index (χ3n) is 2.66. The van der Waals surface area contributed by atoms with E-state index in [0.717, 1.165) is 12.1 Å². The van der Waals surface area contributed by atoms with Gasteiger partial charge in [0, 0.05) is 12.1 Å². The molecular formula is C13H10FNO4S. The van der Waals surface area contributed by atoms with Gasteiger partial charge in [-0.15, -0.1) is 0 Å². The van der Waals surface area contributed by atoms with Crippen LogP contribution in [0.25, 0.3) is 0 Å². The van der Waals surface area contributed by atoms with Crippen LogP contribution in [0.3, 0.4) is 0 Å². The summed E-state index contributed by atoms with van der Waals surface area (Å²) in [5, 5.41) is 10.5. The zero-order valence-corrected chi connectivity index (χ0v) is 11.0. The van der Waals surface area contributed by atoms with E-state index in [0.29, 0.717) is 5.56 Å². The van der Waals surface area contributed by atoms with Gasteiger partial charge >= 0.3 is 0 Å². The first-order chi connectivity index (χ1) is 9.38. The Morgan fingerprint density at radius 2 is 1.75 bits per heavy atom. The Hall–Kier alpha value is -2.28. The summed E-state index contributed by atoms with van der Waals surface area (Å²) >= 11 is 0. The number of sulfone groups is 1. The fraction of sp³-hybridized carbons (Fsp3) is 0.0769. The van der Waals surface area contributed by atoms with Crippen LogP contribution in [0, 0.1) is 15.9 Å². The molecule has 104 valence electrons. The minimum Gasteiger partial charge on any atom is -0.258 e. The monoisotopic (exact) mass is 295 g/mol. The van der Waals surface area contributed by atoms with Gasteiger partial charge < -0.3 is 0 Å². The van der Waals surface area contributed by atoms with Gasteiger partial charge in [-0.25, -0.2) is 12.8 Å². The third-order valence-corrected chi connectivity index (χ3v) is 4.34. The number of hydrogen-bond donors (Lipinski definition) is 0. The van der Waals surface area contributed by atoms with Gasteiger partial charge in [-0.2, -0.15) is 0 Å². The number of nitro benzene ring substituents is 1. The molecule has 0 aliphatic carbocycles. The Labute approximate surface area is 114 Å². The van der Waals surface area contributed by atoms with Gasteiger partial charge in [-0.3, -0.25) is 10.1 Å². The van der Waals surface area contributed by atoms with Crippen LogP contribution in [-0.4, -0.2) is 13.3 Å². The lowest BCUT2D eigenvalue weighted by Gasteiger charge is -2.04. The maximum atomic E-state index is 13.0. The zero-order chi connectivity index (χ0) is 14.8. The van der Waals surface area contributed by atoms with Crippen LogP contribution < -0.4 is 0 Å². The highest BCUT2D eigenvalue weighted by molar-refractivity contribution is 7.90. The fourth-order valence-electron chi connectivity index (χ4n) is 1.68. The molecule has 2 rings (SSSR count). The molecule has 0 heterocycles. The smallest absolute Gasteiger partial charge is 0.258 e. The molecule has 7 heteroatoms. The van der Waals surface area contributed by atoms with Gasteiger partial charge in [0.15, 0.2) is 9.84 Å². The minimum absolute atomic E-state index is 0.114. The van der Waals surface area contributed by atoms with Crippen LogP contribution in [0.2, 0.25) is 0 Å². The van der Waals surface area contributed by atoms with Crippen LogP contribution in [0.4, 0.5) is 10.1 Å². The molecule has 0 fully saturated rings. The number of benzene rings is 2. The SMILES string of the molecule is O=[N+]([O-])c1ccc(CS(=O)(=O)c2cccc(F)c2)cc1. The van der Waals surface area contributed by atoms with Gasteiger partial charge in [0.25, 0.3) is 5.69 Å². The standard InChI is InChI=1S/C13H10FNO4S/c14-11-2-1-3-13(8-11)20(18,19)9-10-4-6-12(7-5-10)15(16)17/h1-8H,9H2. The van der Waals surface area contributed by atoms with Crippen molar-refractivity contribution in [2.45, 2.75) is 10.6 Å². The number of nitro groups is 1. The van der Waals surface area contributed by atoms with Crippen LogP contribution in [0.5, 0.6) is 0 Å². The van der Waals surface area contributed by atoms with Crippen molar-refractivity contribution < 1.29 is 17.7 Å². The highest BCUT2D eigenvalue weighted by Gasteiger charge is 2.16. The Morgan fingerprint density at radius 3 is 2.30 bits per heavy atom. The van der Waals surface area contributed by atoms with Crippen LogP contribution in [0.1, 0.15) is 5.56 Å². The average Bonchev–Trinajstić information content (AvgIpc) is 2.39. The van der Waals surface area contributed by atoms with Crippen molar-refractivity contribution in [3.8, 4) is 0 Å². The maximum Gasteiger partial charge on any atom is 0.269 e. The molecule has 0 bridgehead atoms. The molecule has 2 aromatic carbocycles. The summed E-state index contributed by atoms with van der Waals surface area (Å²) in [5.74, 6) is -0.969. The molecule has 20 heavy (non-hydrogen) atoms. The molecule has 0 saturated carbocycles. The predicted molar refractivity (Wildman–Crippen MR) is 70.4 cm³/mol. The first-order valence-electron chi connectivity index (χ1n) is 5.60. The van der Waals surface area contributed by atoms with Crippen molar-refractivity contribution >= 4 is 15.5 Å². The molecule has 0 aliphatic rings. The summed E-state index contributed by atoms with van der Waals surface area (Å²) in [5.41, 5.74) is 0.289. The maximum absolute atomic E-state index is 13.0. The summed E-state index contributed by atoms with van der Waals surface area (Å²) in [6, 6.07) is 9.93. The topological polar surface area (TPSA) is 77.3 Å². The van der Waals surface area contributed by atoms with Crippen LogP contribution >= 0.6 is 0 Å². The zero-order valence-electron chi connectivity index (χ0n) is 10.2. The number of nitrogens with zero attached hydrogens (tertiary/aromatic N) is 1. The van der Waals surface area contributed by atoms with Crippen molar-refractivity contribution in [1.29, 1.82) is 0 Å². The number of hydrogen-bond acceptors (Lipinski definition) is 4. The summed E-state index contributed by atoms with van der Waals surface area (Å²) in [7, 11) is -3.68. The van der Waals surface area contributed by atoms with E-state index >= 15 is 0 Å². The predicted octanol–water partition coefficient (Wildman–Crippen LogP) is 2.71. The lowest BCUT2D eigenvalue weighted by molar-refractivity contribution is -0.384. The first-order valence-corrected chi connectivity index (χ1v) is 7.25. The fourth-order valence-corrected chi connectivity index (χ4v) is 3.05. The third kappa shape index (κ3) is 3.18. The largest absolute Gasteiger partial charge is 0.269 e. The molecule has 5 nitrogen and oxygen atoms in total. The lowest BCUT2D eigenvalue weighted by atomic mass is 10.2. The van der Waals surface area contributed by atoms with E-state index in [2.05, 4.69) is 0 Å². The second-order valence-corrected chi connectivity index (χ2v) is 6.13. The lowest BCUT2D eigenvalue weighted by Crippen LogP contribution is -2.05. The van der Waals surface area contributed by atoms with E-state index in [4.69, 9.17) is 0 Å². The quantitative estimate of drug-likeness (QED) is 0.642. The van der Waals surface area contributed by atoms with Crippen molar-refractivity contribution in [1.82, 2.24) is 0 Å². The second kappa shape index (κ2) is 5.38. The highest BCUT2D eigenvalue weighted by atomic mass is 32.2. The van der Waals surface area contributed by atoms with Crippen LogP contribution in [-0.2, 0) is 15.6 Å². The van der Waals surface area contributed by atoms with Gasteiger partial charge in [-0.1, -0.05) is 18.2 Å². The van der Waals surface area contributed by atoms with Crippen molar-refractivity contribution in [3.63, 3.8) is 0 Å².